The van der Waals surface area contributed by atoms with Gasteiger partial charge in [-0.05, 0) is 34.1 Å². The molecule has 0 unspecified atom stereocenters. The van der Waals surface area contributed by atoms with Gasteiger partial charge in [0, 0.05) is 0 Å². The molecule has 112 valence electrons. The number of anilines is 2. The number of halogens is 1. The number of sulfonamides is 1. The first kappa shape index (κ1) is 15.7. The number of methoxy groups -OCH3 is 1. The number of carbonyl (C=O) groups excluding carboxylic acids is 1. The van der Waals surface area contributed by atoms with Crippen molar-refractivity contribution in [3.63, 3.8) is 0 Å². The minimum atomic E-state index is -3.88. The number of esters is 1. The fourth-order valence-corrected chi connectivity index (χ4v) is 3.97. The van der Waals surface area contributed by atoms with Crippen LogP contribution in [0.4, 0.5) is 10.8 Å². The monoisotopic (exact) mass is 391 g/mol. The molecule has 0 fully saturated rings. The molecule has 2 aromatic rings. The van der Waals surface area contributed by atoms with Crippen LogP contribution in [0.1, 0.15) is 10.4 Å². The van der Waals surface area contributed by atoms with E-state index in [4.69, 9.17) is 5.73 Å². The van der Waals surface area contributed by atoms with Gasteiger partial charge in [-0.3, -0.25) is 4.72 Å². The Labute approximate surface area is 133 Å². The lowest BCUT2D eigenvalue weighted by atomic mass is 10.2. The molecule has 0 atom stereocenters. The van der Waals surface area contributed by atoms with Gasteiger partial charge < -0.3 is 10.5 Å². The van der Waals surface area contributed by atoms with E-state index in [0.717, 1.165) is 11.3 Å². The van der Waals surface area contributed by atoms with Crippen molar-refractivity contribution in [2.24, 2.45) is 0 Å². The van der Waals surface area contributed by atoms with E-state index in [9.17, 15) is 13.2 Å². The van der Waals surface area contributed by atoms with Crippen molar-refractivity contribution in [3.05, 3.63) is 33.7 Å². The molecule has 10 heteroatoms. The Bertz CT molecular complexity index is 789. The van der Waals surface area contributed by atoms with Gasteiger partial charge in [0.25, 0.3) is 10.0 Å². The molecule has 2 rings (SSSR count). The number of rotatable bonds is 4. The summed E-state index contributed by atoms with van der Waals surface area (Å²) in [5.41, 5.74) is 5.82. The standard InChI is InChI=1S/C11H10BrN3O4S2/c1-19-10(16)6-2-3-8(7(13)4-6)21(17,18)15-11-14-5-9(12)20-11/h2-5H,13H2,1H3,(H,14,15). The highest BCUT2D eigenvalue weighted by Gasteiger charge is 2.20. The average molecular weight is 392 g/mol. The molecular weight excluding hydrogens is 382 g/mol. The topological polar surface area (TPSA) is 111 Å². The summed E-state index contributed by atoms with van der Waals surface area (Å²) < 4.78 is 32.0. The molecule has 0 aliphatic carbocycles. The summed E-state index contributed by atoms with van der Waals surface area (Å²) in [6, 6.07) is 3.82. The normalized spacial score (nSPS) is 11.1. The van der Waals surface area contributed by atoms with Crippen molar-refractivity contribution in [2.75, 3.05) is 17.6 Å². The van der Waals surface area contributed by atoms with Gasteiger partial charge in [-0.2, -0.15) is 0 Å². The Morgan fingerprint density at radius 3 is 2.71 bits per heavy atom. The smallest absolute Gasteiger partial charge is 0.337 e. The summed E-state index contributed by atoms with van der Waals surface area (Å²) in [6.07, 6.45) is 1.48. The van der Waals surface area contributed by atoms with Crippen LogP contribution in [0.15, 0.2) is 33.1 Å². The molecule has 3 N–H and O–H groups in total. The van der Waals surface area contributed by atoms with E-state index in [1.807, 2.05) is 0 Å². The molecule has 0 saturated carbocycles. The van der Waals surface area contributed by atoms with Crippen LogP contribution < -0.4 is 10.5 Å². The Balaban J connectivity index is 2.34. The van der Waals surface area contributed by atoms with E-state index >= 15 is 0 Å². The number of nitrogens with zero attached hydrogens (tertiary/aromatic N) is 1. The minimum absolute atomic E-state index is 0.0546. The third kappa shape index (κ3) is 3.52. The number of hydrogen-bond acceptors (Lipinski definition) is 7. The predicted octanol–water partition coefficient (Wildman–Crippen LogP) is 2.08. The van der Waals surface area contributed by atoms with E-state index in [-0.39, 0.29) is 21.3 Å². The molecule has 1 aromatic carbocycles. The van der Waals surface area contributed by atoms with Crippen LogP contribution in [-0.4, -0.2) is 26.5 Å². The molecule has 1 heterocycles. The van der Waals surface area contributed by atoms with Crippen molar-refractivity contribution in [1.29, 1.82) is 0 Å². The van der Waals surface area contributed by atoms with Crippen LogP contribution >= 0.6 is 27.3 Å². The van der Waals surface area contributed by atoms with Crippen molar-refractivity contribution in [2.45, 2.75) is 4.90 Å². The zero-order valence-corrected chi connectivity index (χ0v) is 13.9. The van der Waals surface area contributed by atoms with Crippen molar-refractivity contribution >= 4 is 54.1 Å². The van der Waals surface area contributed by atoms with Crippen molar-refractivity contribution in [1.82, 2.24) is 4.98 Å². The molecule has 0 amide bonds. The maximum Gasteiger partial charge on any atom is 0.337 e. The summed E-state index contributed by atoms with van der Waals surface area (Å²) in [6.45, 7) is 0. The zero-order valence-electron chi connectivity index (χ0n) is 10.7. The molecule has 7 nitrogen and oxygen atoms in total. The van der Waals surface area contributed by atoms with Crippen LogP contribution in [-0.2, 0) is 14.8 Å². The number of nitrogens with two attached hydrogens (primary N) is 1. The van der Waals surface area contributed by atoms with Gasteiger partial charge in [0.1, 0.15) is 4.90 Å². The van der Waals surface area contributed by atoms with Crippen LogP contribution in [0.25, 0.3) is 0 Å². The molecule has 21 heavy (non-hydrogen) atoms. The summed E-state index contributed by atoms with van der Waals surface area (Å²) in [5.74, 6) is -0.595. The summed E-state index contributed by atoms with van der Waals surface area (Å²) in [5, 5.41) is 0.207. The predicted molar refractivity (Wildman–Crippen MR) is 82.8 cm³/mol. The van der Waals surface area contributed by atoms with Crippen molar-refractivity contribution in [3.8, 4) is 0 Å². The lowest BCUT2D eigenvalue weighted by molar-refractivity contribution is 0.0600. The number of carbonyl (C=O) groups is 1. The quantitative estimate of drug-likeness (QED) is 0.609. The van der Waals surface area contributed by atoms with E-state index in [1.165, 1.54) is 31.5 Å². The Kier molecular flexibility index (Phi) is 4.49. The molecule has 0 radical (unpaired) electrons. The highest BCUT2D eigenvalue weighted by atomic mass is 79.9. The second kappa shape index (κ2) is 6.00. The average Bonchev–Trinajstić information content (AvgIpc) is 2.81. The van der Waals surface area contributed by atoms with Crippen LogP contribution in [0.5, 0.6) is 0 Å². The second-order valence-electron chi connectivity index (χ2n) is 3.82. The van der Waals surface area contributed by atoms with Crippen LogP contribution in [0, 0.1) is 0 Å². The number of hydrogen-bond donors (Lipinski definition) is 2. The van der Waals surface area contributed by atoms with Gasteiger partial charge in [0.15, 0.2) is 5.13 Å². The summed E-state index contributed by atoms with van der Waals surface area (Å²) >= 11 is 4.32. The van der Waals surface area contributed by atoms with E-state index < -0.39 is 16.0 Å². The van der Waals surface area contributed by atoms with Crippen LogP contribution in [0.2, 0.25) is 0 Å². The second-order valence-corrected chi connectivity index (χ2v) is 7.88. The molecular formula is C11H10BrN3O4S2. The number of benzene rings is 1. The number of nitrogens with one attached hydrogen (secondary N) is 1. The number of aromatic nitrogens is 1. The highest BCUT2D eigenvalue weighted by Crippen LogP contribution is 2.27. The third-order valence-corrected chi connectivity index (χ3v) is 5.35. The molecule has 1 aromatic heterocycles. The number of ether oxygens (including phenoxy) is 1. The molecule has 0 saturated heterocycles. The summed E-state index contributed by atoms with van der Waals surface area (Å²) in [7, 11) is -2.65. The highest BCUT2D eigenvalue weighted by molar-refractivity contribution is 9.11. The summed E-state index contributed by atoms with van der Waals surface area (Å²) in [4.78, 5) is 15.1. The lowest BCUT2D eigenvalue weighted by Crippen LogP contribution is -2.15. The Morgan fingerprint density at radius 2 is 2.19 bits per heavy atom. The minimum Gasteiger partial charge on any atom is -0.465 e. The zero-order chi connectivity index (χ0) is 15.6. The van der Waals surface area contributed by atoms with E-state index in [2.05, 4.69) is 30.4 Å². The molecule has 0 aliphatic heterocycles. The SMILES string of the molecule is COC(=O)c1ccc(S(=O)(=O)Nc2ncc(Br)s2)c(N)c1. The van der Waals surface area contributed by atoms with Gasteiger partial charge in [0.2, 0.25) is 0 Å². The molecule has 0 spiro atoms. The number of nitrogen functional groups attached to an aromatic ring is 1. The Morgan fingerprint density at radius 1 is 1.48 bits per heavy atom. The van der Waals surface area contributed by atoms with Crippen LogP contribution in [0.3, 0.4) is 0 Å². The fraction of sp³-hybridized carbons (Fsp3) is 0.0909. The first-order valence-electron chi connectivity index (χ1n) is 5.45. The first-order valence-corrected chi connectivity index (χ1v) is 8.55. The maximum absolute atomic E-state index is 12.2. The van der Waals surface area contributed by atoms with E-state index in [1.54, 1.807) is 0 Å². The van der Waals surface area contributed by atoms with Gasteiger partial charge in [-0.15, -0.1) is 0 Å². The van der Waals surface area contributed by atoms with Crippen molar-refractivity contribution < 1.29 is 17.9 Å². The van der Waals surface area contributed by atoms with E-state index in [0.29, 0.717) is 3.79 Å². The number of thiazole rings is 1. The lowest BCUT2D eigenvalue weighted by Gasteiger charge is -2.09. The molecule has 0 bridgehead atoms. The van der Waals surface area contributed by atoms with Gasteiger partial charge >= 0.3 is 5.97 Å². The molecule has 0 aliphatic rings. The van der Waals surface area contributed by atoms with Gasteiger partial charge in [-0.1, -0.05) is 11.3 Å². The fourth-order valence-electron chi connectivity index (χ4n) is 1.51. The Hall–Kier alpha value is -1.65. The maximum atomic E-state index is 12.2. The first-order chi connectivity index (χ1) is 9.83. The van der Waals surface area contributed by atoms with Gasteiger partial charge in [0.05, 0.1) is 28.3 Å². The largest absolute Gasteiger partial charge is 0.465 e. The third-order valence-electron chi connectivity index (χ3n) is 2.42. The van der Waals surface area contributed by atoms with Gasteiger partial charge in [-0.25, -0.2) is 18.2 Å².